The standard InChI is InChI=1S/C15H20N4O3/c20-15-17-14(18-22-15)13-6-5-12(11-16-13)21-10-4-3-9-19-7-1-2-8-19/h5-6,11H,1-4,7-10H2,(H,17,18,20). The number of hydrogen-bond donors (Lipinski definition) is 1. The Bertz CT molecular complexity index is 629. The van der Waals surface area contributed by atoms with Gasteiger partial charge in [0.1, 0.15) is 11.4 Å². The summed E-state index contributed by atoms with van der Waals surface area (Å²) in [5.74, 6) is 0.452. The lowest BCUT2D eigenvalue weighted by Gasteiger charge is -2.14. The molecule has 2 aromatic rings. The van der Waals surface area contributed by atoms with Crippen LogP contribution < -0.4 is 10.5 Å². The highest BCUT2D eigenvalue weighted by Gasteiger charge is 2.10. The number of aromatic nitrogens is 3. The molecule has 0 radical (unpaired) electrons. The van der Waals surface area contributed by atoms with Gasteiger partial charge in [-0.05, 0) is 57.5 Å². The first kappa shape index (κ1) is 14.8. The number of nitrogens with zero attached hydrogens (tertiary/aromatic N) is 3. The Morgan fingerprint density at radius 1 is 1.27 bits per heavy atom. The number of nitrogens with one attached hydrogen (secondary N) is 1. The third kappa shape index (κ3) is 3.94. The van der Waals surface area contributed by atoms with Crippen molar-refractivity contribution in [2.45, 2.75) is 25.7 Å². The van der Waals surface area contributed by atoms with Crippen LogP contribution in [-0.2, 0) is 0 Å². The molecule has 0 atom stereocenters. The maximum Gasteiger partial charge on any atom is 0.439 e. The maximum atomic E-state index is 10.9. The summed E-state index contributed by atoms with van der Waals surface area (Å²) in [6.45, 7) is 4.35. The summed E-state index contributed by atoms with van der Waals surface area (Å²) in [5, 5.41) is 3.59. The molecule has 118 valence electrons. The molecule has 0 amide bonds. The number of H-pyrrole nitrogens is 1. The van der Waals surface area contributed by atoms with Gasteiger partial charge in [-0.15, -0.1) is 0 Å². The van der Waals surface area contributed by atoms with Gasteiger partial charge in [0.2, 0.25) is 5.82 Å². The average molecular weight is 304 g/mol. The van der Waals surface area contributed by atoms with Crippen molar-refractivity contribution in [3.05, 3.63) is 28.9 Å². The smallest absolute Gasteiger partial charge is 0.439 e. The van der Waals surface area contributed by atoms with Crippen LogP contribution in [0.2, 0.25) is 0 Å². The number of unbranched alkanes of at least 4 members (excludes halogenated alkanes) is 1. The van der Waals surface area contributed by atoms with E-state index in [0.717, 1.165) is 18.6 Å². The van der Waals surface area contributed by atoms with E-state index in [0.29, 0.717) is 18.1 Å². The second-order valence-electron chi connectivity index (χ2n) is 5.43. The Kier molecular flexibility index (Phi) is 4.85. The van der Waals surface area contributed by atoms with Crippen LogP contribution in [0, 0.1) is 0 Å². The lowest BCUT2D eigenvalue weighted by molar-refractivity contribution is 0.279. The molecule has 1 fully saturated rings. The molecule has 3 heterocycles. The molecule has 1 aliphatic heterocycles. The van der Waals surface area contributed by atoms with E-state index in [9.17, 15) is 4.79 Å². The summed E-state index contributed by atoms with van der Waals surface area (Å²) in [6, 6.07) is 3.56. The van der Waals surface area contributed by atoms with E-state index in [-0.39, 0.29) is 0 Å². The molecule has 1 aliphatic rings. The topological polar surface area (TPSA) is 84.3 Å². The van der Waals surface area contributed by atoms with Crippen molar-refractivity contribution >= 4 is 0 Å². The zero-order chi connectivity index (χ0) is 15.2. The molecule has 3 rings (SSSR count). The fourth-order valence-electron chi connectivity index (χ4n) is 2.58. The monoisotopic (exact) mass is 304 g/mol. The summed E-state index contributed by atoms with van der Waals surface area (Å²) in [6.07, 6.45) is 6.50. The minimum absolute atomic E-state index is 0.321. The zero-order valence-corrected chi connectivity index (χ0v) is 12.5. The first-order valence-electron chi connectivity index (χ1n) is 7.69. The molecule has 0 spiro atoms. The minimum Gasteiger partial charge on any atom is -0.492 e. The van der Waals surface area contributed by atoms with E-state index in [1.54, 1.807) is 12.3 Å². The van der Waals surface area contributed by atoms with E-state index < -0.39 is 5.76 Å². The van der Waals surface area contributed by atoms with Crippen molar-refractivity contribution in [1.29, 1.82) is 0 Å². The molecule has 0 aromatic carbocycles. The molecule has 0 saturated carbocycles. The highest BCUT2D eigenvalue weighted by atomic mass is 16.5. The van der Waals surface area contributed by atoms with Gasteiger partial charge in [-0.1, -0.05) is 5.16 Å². The van der Waals surface area contributed by atoms with Gasteiger partial charge >= 0.3 is 5.76 Å². The zero-order valence-electron chi connectivity index (χ0n) is 12.5. The van der Waals surface area contributed by atoms with Gasteiger partial charge in [-0.2, -0.15) is 0 Å². The predicted molar refractivity (Wildman–Crippen MR) is 80.8 cm³/mol. The van der Waals surface area contributed by atoms with Crippen LogP contribution in [0.3, 0.4) is 0 Å². The van der Waals surface area contributed by atoms with E-state index in [1.807, 2.05) is 6.07 Å². The van der Waals surface area contributed by atoms with Gasteiger partial charge in [0.05, 0.1) is 12.8 Å². The van der Waals surface area contributed by atoms with E-state index in [2.05, 4.69) is 24.5 Å². The Labute approximate surface area is 128 Å². The Morgan fingerprint density at radius 3 is 2.82 bits per heavy atom. The summed E-state index contributed by atoms with van der Waals surface area (Å²) < 4.78 is 10.1. The van der Waals surface area contributed by atoms with Crippen molar-refractivity contribution in [1.82, 2.24) is 20.0 Å². The highest BCUT2D eigenvalue weighted by Crippen LogP contribution is 2.15. The van der Waals surface area contributed by atoms with E-state index in [1.165, 1.54) is 32.5 Å². The number of aromatic amines is 1. The maximum absolute atomic E-state index is 10.9. The van der Waals surface area contributed by atoms with Gasteiger partial charge in [0, 0.05) is 0 Å². The van der Waals surface area contributed by atoms with Gasteiger partial charge in [-0.25, -0.2) is 9.78 Å². The van der Waals surface area contributed by atoms with Crippen LogP contribution in [0.15, 0.2) is 27.6 Å². The fourth-order valence-corrected chi connectivity index (χ4v) is 2.58. The lowest BCUT2D eigenvalue weighted by Crippen LogP contribution is -2.20. The normalized spacial score (nSPS) is 15.3. The third-order valence-electron chi connectivity index (χ3n) is 3.76. The van der Waals surface area contributed by atoms with E-state index >= 15 is 0 Å². The Morgan fingerprint density at radius 2 is 2.14 bits per heavy atom. The molecule has 1 N–H and O–H groups in total. The Balaban J connectivity index is 1.40. The first-order valence-corrected chi connectivity index (χ1v) is 7.69. The lowest BCUT2D eigenvalue weighted by atomic mass is 10.3. The van der Waals surface area contributed by atoms with Gasteiger partial charge in [0.25, 0.3) is 0 Å². The van der Waals surface area contributed by atoms with Crippen LogP contribution >= 0.6 is 0 Å². The Hall–Kier alpha value is -2.15. The minimum atomic E-state index is -0.588. The van der Waals surface area contributed by atoms with Crippen molar-refractivity contribution < 1.29 is 9.26 Å². The van der Waals surface area contributed by atoms with Gasteiger partial charge < -0.3 is 9.64 Å². The highest BCUT2D eigenvalue weighted by molar-refractivity contribution is 5.48. The predicted octanol–water partition coefficient (Wildman–Crippen LogP) is 1.68. The number of rotatable bonds is 7. The summed E-state index contributed by atoms with van der Waals surface area (Å²) >= 11 is 0. The second-order valence-corrected chi connectivity index (χ2v) is 5.43. The molecule has 7 heteroatoms. The molecule has 7 nitrogen and oxygen atoms in total. The third-order valence-corrected chi connectivity index (χ3v) is 3.76. The molecule has 22 heavy (non-hydrogen) atoms. The van der Waals surface area contributed by atoms with Crippen LogP contribution in [-0.4, -0.2) is 46.3 Å². The average Bonchev–Trinajstić information content (AvgIpc) is 3.19. The molecule has 0 aliphatic carbocycles. The quantitative estimate of drug-likeness (QED) is 0.783. The van der Waals surface area contributed by atoms with Crippen molar-refractivity contribution in [2.24, 2.45) is 0 Å². The number of likely N-dealkylation sites (tertiary alicyclic amines) is 1. The largest absolute Gasteiger partial charge is 0.492 e. The van der Waals surface area contributed by atoms with Crippen LogP contribution in [0.4, 0.5) is 0 Å². The van der Waals surface area contributed by atoms with Gasteiger partial charge in [-0.3, -0.25) is 9.51 Å². The molecular formula is C15H20N4O3. The van der Waals surface area contributed by atoms with Gasteiger partial charge in [0.15, 0.2) is 0 Å². The number of ether oxygens (including phenoxy) is 1. The van der Waals surface area contributed by atoms with Crippen molar-refractivity contribution in [2.75, 3.05) is 26.2 Å². The summed E-state index contributed by atoms with van der Waals surface area (Å²) in [5.41, 5.74) is 0.548. The number of hydrogen-bond acceptors (Lipinski definition) is 6. The summed E-state index contributed by atoms with van der Waals surface area (Å²) in [7, 11) is 0. The van der Waals surface area contributed by atoms with Crippen molar-refractivity contribution in [3.8, 4) is 17.3 Å². The van der Waals surface area contributed by atoms with Crippen LogP contribution in [0.5, 0.6) is 5.75 Å². The van der Waals surface area contributed by atoms with Crippen LogP contribution in [0.25, 0.3) is 11.5 Å². The first-order chi connectivity index (χ1) is 10.8. The van der Waals surface area contributed by atoms with Crippen molar-refractivity contribution in [3.63, 3.8) is 0 Å². The molecular weight excluding hydrogens is 284 g/mol. The van der Waals surface area contributed by atoms with Crippen LogP contribution in [0.1, 0.15) is 25.7 Å². The molecule has 2 aromatic heterocycles. The van der Waals surface area contributed by atoms with E-state index in [4.69, 9.17) is 4.74 Å². The molecule has 1 saturated heterocycles. The second kappa shape index (κ2) is 7.22. The molecule has 0 bridgehead atoms. The molecule has 0 unspecified atom stereocenters. The fraction of sp³-hybridized carbons (Fsp3) is 0.533. The summed E-state index contributed by atoms with van der Waals surface area (Å²) in [4.78, 5) is 20.1. The number of pyridine rings is 1. The SMILES string of the molecule is O=c1[nH]c(-c2ccc(OCCCCN3CCCC3)cn2)no1.